The third-order valence-electron chi connectivity index (χ3n) is 11.7. The lowest BCUT2D eigenvalue weighted by atomic mass is 10.0. The number of hydrogen-bond acceptors (Lipinski definition) is 18. The van der Waals surface area contributed by atoms with Gasteiger partial charge in [-0.25, -0.2) is 40.7 Å². The van der Waals surface area contributed by atoms with E-state index in [0.717, 1.165) is 6.42 Å². The Hall–Kier alpha value is -6.97. The van der Waals surface area contributed by atoms with E-state index in [0.29, 0.717) is 25.7 Å². The lowest BCUT2D eigenvalue weighted by Gasteiger charge is -2.34. The standard InChI is InChI=1S/C52H76N10O18S3/c1-2-3-31-80-48(67)9-4-8-47(66)62-52(35-77-32-22-44(63)56-25-5-28-59-49(68)38-10-16-41(17-11-38)81(53,71)72,36-78-33-23-45(64)57-26-6-29-60-50(69)39-12-18-42(19-13-39)82(54,73)74)37-79-34-24-46(65)58-27-7-30-61-51(70)40-14-20-43(21-15-40)83(55,75)76/h10-21H,2-9,22-37H2,1H3,(H,56,63)(H,57,64)(H,58,65)(H,59,68)(H,60,69)(H,61,70)(H,62,66)(H2,53,71,72)(H2,54,73,74)(H2,55,75,76). The van der Waals surface area contributed by atoms with Gasteiger partial charge in [0.15, 0.2) is 0 Å². The molecule has 0 spiro atoms. The summed E-state index contributed by atoms with van der Waals surface area (Å²) in [5.41, 5.74) is -0.865. The van der Waals surface area contributed by atoms with Crippen LogP contribution in [0.3, 0.4) is 0 Å². The molecule has 0 bridgehead atoms. The number of primary sulfonamides is 3. The van der Waals surface area contributed by atoms with Crippen LogP contribution in [0.2, 0.25) is 0 Å². The van der Waals surface area contributed by atoms with Crippen molar-refractivity contribution in [1.29, 1.82) is 0 Å². The van der Waals surface area contributed by atoms with E-state index in [1.165, 1.54) is 72.8 Å². The minimum absolute atomic E-state index is 0.0378. The van der Waals surface area contributed by atoms with E-state index in [4.69, 9.17) is 34.4 Å². The summed E-state index contributed by atoms with van der Waals surface area (Å²) in [4.78, 5) is 101. The van der Waals surface area contributed by atoms with Crippen molar-refractivity contribution in [3.8, 4) is 0 Å². The van der Waals surface area contributed by atoms with Crippen LogP contribution in [0.1, 0.15) is 109 Å². The number of unbranched alkanes of at least 4 members (excludes halogenated alkanes) is 1. The first-order chi connectivity index (χ1) is 39.3. The Balaban J connectivity index is 1.59. The second kappa shape index (κ2) is 36.6. The summed E-state index contributed by atoms with van der Waals surface area (Å²) in [6, 6.07) is 15.2. The topological polar surface area (TPSA) is 438 Å². The molecule has 31 heteroatoms. The van der Waals surface area contributed by atoms with Crippen molar-refractivity contribution in [1.82, 2.24) is 37.2 Å². The number of amides is 7. The quantitative estimate of drug-likeness (QED) is 0.0249. The van der Waals surface area contributed by atoms with Crippen molar-refractivity contribution in [2.75, 3.05) is 85.5 Å². The Bertz CT molecular complexity index is 2670. The molecule has 460 valence electrons. The second-order valence-corrected chi connectivity index (χ2v) is 23.4. The number of hydrogen-bond donors (Lipinski definition) is 10. The average molecular weight is 1230 g/mol. The smallest absolute Gasteiger partial charge is 0.305 e. The van der Waals surface area contributed by atoms with Crippen molar-refractivity contribution in [3.05, 3.63) is 89.5 Å². The molecular weight excluding hydrogens is 1150 g/mol. The van der Waals surface area contributed by atoms with Crippen molar-refractivity contribution in [2.45, 2.75) is 97.8 Å². The number of sulfonamides is 3. The van der Waals surface area contributed by atoms with Gasteiger partial charge in [-0.3, -0.25) is 38.4 Å². The van der Waals surface area contributed by atoms with E-state index >= 15 is 0 Å². The van der Waals surface area contributed by atoms with Crippen LogP contribution in [0.25, 0.3) is 0 Å². The normalized spacial score (nSPS) is 11.7. The number of nitrogens with two attached hydrogens (primary N) is 3. The molecule has 0 radical (unpaired) electrons. The fourth-order valence-corrected chi connectivity index (χ4v) is 8.74. The van der Waals surface area contributed by atoms with Crippen LogP contribution >= 0.6 is 0 Å². The maximum atomic E-state index is 13.6. The number of esters is 1. The lowest BCUT2D eigenvalue weighted by Crippen LogP contribution is -2.58. The second-order valence-electron chi connectivity index (χ2n) is 18.8. The molecule has 3 aromatic rings. The molecule has 0 fully saturated rings. The van der Waals surface area contributed by atoms with Gasteiger partial charge in [0.25, 0.3) is 17.7 Å². The van der Waals surface area contributed by atoms with Gasteiger partial charge < -0.3 is 56.2 Å². The molecule has 7 amide bonds. The molecule has 0 atom stereocenters. The molecule has 83 heavy (non-hydrogen) atoms. The van der Waals surface area contributed by atoms with E-state index in [9.17, 15) is 63.6 Å². The Morgan fingerprint density at radius 1 is 0.398 bits per heavy atom. The molecule has 0 saturated heterocycles. The predicted octanol–water partition coefficient (Wildman–Crippen LogP) is -0.674. The Labute approximate surface area is 483 Å². The van der Waals surface area contributed by atoms with E-state index in [2.05, 4.69) is 37.2 Å². The first-order valence-corrected chi connectivity index (χ1v) is 31.2. The summed E-state index contributed by atoms with van der Waals surface area (Å²) in [6.07, 6.45) is 2.09. The van der Waals surface area contributed by atoms with Crippen LogP contribution < -0.4 is 52.6 Å². The van der Waals surface area contributed by atoms with Gasteiger partial charge in [0, 0.05) is 88.1 Å². The van der Waals surface area contributed by atoms with Crippen molar-refractivity contribution in [3.63, 3.8) is 0 Å². The summed E-state index contributed by atoms with van der Waals surface area (Å²) in [5, 5.41) is 34.4. The number of carbonyl (C=O) groups is 8. The molecule has 0 aliphatic carbocycles. The fourth-order valence-electron chi connectivity index (χ4n) is 7.20. The maximum absolute atomic E-state index is 13.6. The zero-order chi connectivity index (χ0) is 61.3. The molecule has 0 aliphatic rings. The van der Waals surface area contributed by atoms with Gasteiger partial charge in [-0.2, -0.15) is 0 Å². The monoisotopic (exact) mass is 1220 g/mol. The maximum Gasteiger partial charge on any atom is 0.305 e. The van der Waals surface area contributed by atoms with Crippen molar-refractivity contribution < 1.29 is 82.6 Å². The van der Waals surface area contributed by atoms with Gasteiger partial charge in [-0.05, 0) is 105 Å². The molecule has 0 aliphatic heterocycles. The van der Waals surface area contributed by atoms with Crippen molar-refractivity contribution in [2.24, 2.45) is 15.4 Å². The van der Waals surface area contributed by atoms with Crippen LogP contribution in [0.5, 0.6) is 0 Å². The highest BCUT2D eigenvalue weighted by molar-refractivity contribution is 7.89. The molecule has 13 N–H and O–H groups in total. The van der Waals surface area contributed by atoms with E-state index in [1.54, 1.807) is 0 Å². The first-order valence-electron chi connectivity index (χ1n) is 26.5. The first kappa shape index (κ1) is 70.3. The highest BCUT2D eigenvalue weighted by atomic mass is 32.2. The van der Waals surface area contributed by atoms with Crippen LogP contribution in [-0.4, -0.2) is 164 Å². The van der Waals surface area contributed by atoms with Crippen molar-refractivity contribution >= 4 is 77.4 Å². The van der Waals surface area contributed by atoms with Crippen LogP contribution in [0.4, 0.5) is 0 Å². The van der Waals surface area contributed by atoms with E-state index < -0.39 is 82.9 Å². The Kier molecular flexibility index (Phi) is 31.0. The summed E-state index contributed by atoms with van der Waals surface area (Å²) in [7, 11) is -11.8. The van der Waals surface area contributed by atoms with Gasteiger partial charge in [0.1, 0.15) is 5.54 Å². The third-order valence-corrected chi connectivity index (χ3v) is 14.5. The SMILES string of the molecule is CCCCOC(=O)CCCC(=O)NC(COCCC(=O)NCCCNC(=O)c1ccc(S(N)(=O)=O)cc1)(COCCC(=O)NCCCNC(=O)c1ccc(S(N)(=O)=O)cc1)COCCC(=O)NCCCNC(=O)c1ccc(S(N)(=O)=O)cc1. The van der Waals surface area contributed by atoms with Crippen LogP contribution in [-0.2, 0) is 73.0 Å². The molecule has 0 unspecified atom stereocenters. The van der Waals surface area contributed by atoms with Gasteiger partial charge in [-0.1, -0.05) is 13.3 Å². The molecule has 3 rings (SSSR count). The number of rotatable bonds is 41. The summed E-state index contributed by atoms with van der Waals surface area (Å²) in [5.74, 6) is -3.60. The number of nitrogens with one attached hydrogen (secondary N) is 7. The zero-order valence-corrected chi connectivity index (χ0v) is 48.7. The average Bonchev–Trinajstić information content (AvgIpc) is 3.51. The number of ether oxygens (including phenoxy) is 4. The summed E-state index contributed by atoms with van der Waals surface area (Å²) in [6.45, 7) is 1.91. The predicted molar refractivity (Wildman–Crippen MR) is 300 cm³/mol. The third kappa shape index (κ3) is 29.2. The van der Waals surface area contributed by atoms with Gasteiger partial charge in [0.05, 0.1) is 60.9 Å². The minimum Gasteiger partial charge on any atom is -0.466 e. The summed E-state index contributed by atoms with van der Waals surface area (Å²) >= 11 is 0. The van der Waals surface area contributed by atoms with Gasteiger partial charge >= 0.3 is 5.97 Å². The largest absolute Gasteiger partial charge is 0.466 e. The van der Waals surface area contributed by atoms with Crippen LogP contribution in [0, 0.1) is 0 Å². The minimum atomic E-state index is -3.93. The molecule has 3 aromatic carbocycles. The van der Waals surface area contributed by atoms with Crippen LogP contribution in [0.15, 0.2) is 87.5 Å². The zero-order valence-electron chi connectivity index (χ0n) is 46.2. The molecule has 0 aromatic heterocycles. The highest BCUT2D eigenvalue weighted by Gasteiger charge is 2.34. The summed E-state index contributed by atoms with van der Waals surface area (Å²) < 4.78 is 92.2. The van der Waals surface area contributed by atoms with E-state index in [-0.39, 0.29) is 155 Å². The molecular formula is C52H76N10O18S3. The molecule has 0 heterocycles. The lowest BCUT2D eigenvalue weighted by molar-refractivity contribution is -0.144. The molecule has 28 nitrogen and oxygen atoms in total. The Morgan fingerprint density at radius 2 is 0.711 bits per heavy atom. The highest BCUT2D eigenvalue weighted by Crippen LogP contribution is 2.14. The fraction of sp³-hybridized carbons (Fsp3) is 0.500. The van der Waals surface area contributed by atoms with Gasteiger partial charge in [0.2, 0.25) is 53.7 Å². The number of benzene rings is 3. The number of carbonyl (C=O) groups excluding carboxylic acids is 8. The van der Waals surface area contributed by atoms with Gasteiger partial charge in [-0.15, -0.1) is 0 Å². The van der Waals surface area contributed by atoms with E-state index in [1.807, 2.05) is 6.92 Å². The Morgan fingerprint density at radius 3 is 1.01 bits per heavy atom. The molecule has 0 saturated carbocycles.